The molecule has 3 fully saturated rings. The summed E-state index contributed by atoms with van der Waals surface area (Å²) < 4.78 is 0.924. The summed E-state index contributed by atoms with van der Waals surface area (Å²) >= 11 is 9.53. The molecule has 3 aliphatic rings. The first kappa shape index (κ1) is 13.7. The lowest BCUT2D eigenvalue weighted by Crippen LogP contribution is -2.66. The van der Waals surface area contributed by atoms with Gasteiger partial charge < -0.3 is 16.0 Å². The number of nitrogens with one attached hydrogen (secondary N) is 1. The number of anilines is 1. The molecule has 0 aliphatic carbocycles. The lowest BCUT2D eigenvalue weighted by molar-refractivity contribution is 0.0449. The van der Waals surface area contributed by atoms with E-state index in [2.05, 4.69) is 26.1 Å². The molecule has 1 unspecified atom stereocenters. The minimum atomic E-state index is 0.0176. The molecule has 3 aliphatic heterocycles. The van der Waals surface area contributed by atoms with E-state index in [0.717, 1.165) is 21.7 Å². The summed E-state index contributed by atoms with van der Waals surface area (Å²) in [6.07, 6.45) is 2.50. The SMILES string of the molecule is NCC1(Nc2ccc(Cl)c(Br)c2)CN2CCC1CC2. The number of benzene rings is 1. The van der Waals surface area contributed by atoms with E-state index in [1.54, 1.807) is 0 Å². The van der Waals surface area contributed by atoms with Crippen LogP contribution in [-0.4, -0.2) is 36.6 Å². The van der Waals surface area contributed by atoms with Gasteiger partial charge in [-0.25, -0.2) is 0 Å². The molecule has 3 heterocycles. The van der Waals surface area contributed by atoms with Crippen LogP contribution in [0.25, 0.3) is 0 Å². The van der Waals surface area contributed by atoms with E-state index in [4.69, 9.17) is 17.3 Å². The smallest absolute Gasteiger partial charge is 0.0651 e. The molecule has 0 spiro atoms. The molecule has 3 N–H and O–H groups in total. The Bertz CT molecular complexity index is 474. The molecular formula is C14H19BrClN3. The van der Waals surface area contributed by atoms with Crippen LogP contribution in [-0.2, 0) is 0 Å². The molecule has 1 aromatic rings. The van der Waals surface area contributed by atoms with Crippen LogP contribution in [0.15, 0.2) is 22.7 Å². The van der Waals surface area contributed by atoms with Gasteiger partial charge in [-0.3, -0.25) is 0 Å². The topological polar surface area (TPSA) is 41.3 Å². The first-order valence-electron chi connectivity index (χ1n) is 6.79. The molecule has 4 rings (SSSR count). The molecule has 2 bridgehead atoms. The van der Waals surface area contributed by atoms with Gasteiger partial charge in [0, 0.05) is 23.2 Å². The standard InChI is InChI=1S/C14H19BrClN3/c15-12-7-11(1-2-13(12)16)18-14(8-17)9-19-5-3-10(14)4-6-19/h1-2,7,10,18H,3-6,8-9,17H2. The summed E-state index contributed by atoms with van der Waals surface area (Å²) in [4.78, 5) is 2.52. The first-order chi connectivity index (χ1) is 9.13. The molecule has 0 aromatic heterocycles. The highest BCUT2D eigenvalue weighted by molar-refractivity contribution is 9.10. The van der Waals surface area contributed by atoms with Crippen molar-refractivity contribution in [3.63, 3.8) is 0 Å². The van der Waals surface area contributed by atoms with Crippen molar-refractivity contribution in [1.82, 2.24) is 4.90 Å². The molecule has 0 amide bonds. The normalized spacial score (nSPS) is 33.4. The largest absolute Gasteiger partial charge is 0.377 e. The van der Waals surface area contributed by atoms with Crippen LogP contribution in [0.2, 0.25) is 5.02 Å². The molecule has 19 heavy (non-hydrogen) atoms. The Morgan fingerprint density at radius 2 is 2.16 bits per heavy atom. The van der Waals surface area contributed by atoms with Crippen molar-refractivity contribution < 1.29 is 0 Å². The monoisotopic (exact) mass is 343 g/mol. The van der Waals surface area contributed by atoms with E-state index in [0.29, 0.717) is 12.5 Å². The molecule has 1 aromatic carbocycles. The third kappa shape index (κ3) is 2.51. The highest BCUT2D eigenvalue weighted by Crippen LogP contribution is 2.38. The van der Waals surface area contributed by atoms with Gasteiger partial charge in [-0.1, -0.05) is 11.6 Å². The second-order valence-corrected chi connectivity index (χ2v) is 6.93. The Morgan fingerprint density at radius 3 is 2.68 bits per heavy atom. The maximum absolute atomic E-state index is 6.11. The molecule has 3 saturated heterocycles. The summed E-state index contributed by atoms with van der Waals surface area (Å²) in [6.45, 7) is 4.17. The third-order valence-corrected chi connectivity index (χ3v) is 5.77. The number of halogens is 2. The second-order valence-electron chi connectivity index (χ2n) is 5.66. The average Bonchev–Trinajstić information content (AvgIpc) is 2.44. The zero-order chi connectivity index (χ0) is 13.5. The first-order valence-corrected chi connectivity index (χ1v) is 7.96. The van der Waals surface area contributed by atoms with Crippen molar-refractivity contribution in [1.29, 1.82) is 0 Å². The van der Waals surface area contributed by atoms with Gasteiger partial charge in [-0.15, -0.1) is 0 Å². The molecule has 0 saturated carbocycles. The maximum Gasteiger partial charge on any atom is 0.0651 e. The zero-order valence-corrected chi connectivity index (χ0v) is 13.2. The number of hydrogen-bond donors (Lipinski definition) is 2. The number of rotatable bonds is 3. The number of fused-ring (bicyclic) bond motifs is 3. The number of nitrogens with zero attached hydrogens (tertiary/aromatic N) is 1. The molecule has 0 radical (unpaired) electrons. The Morgan fingerprint density at radius 1 is 1.42 bits per heavy atom. The van der Waals surface area contributed by atoms with Gasteiger partial charge in [-0.05, 0) is 66.0 Å². The Kier molecular flexibility index (Phi) is 3.78. The van der Waals surface area contributed by atoms with Gasteiger partial charge in [0.25, 0.3) is 0 Å². The Hall–Kier alpha value is -0.290. The van der Waals surface area contributed by atoms with Gasteiger partial charge in [0.2, 0.25) is 0 Å². The van der Waals surface area contributed by atoms with E-state index in [-0.39, 0.29) is 5.54 Å². The Labute approximate surface area is 127 Å². The predicted molar refractivity (Wildman–Crippen MR) is 83.7 cm³/mol. The van der Waals surface area contributed by atoms with Crippen LogP contribution in [0, 0.1) is 5.92 Å². The summed E-state index contributed by atoms with van der Waals surface area (Å²) in [7, 11) is 0. The van der Waals surface area contributed by atoms with Gasteiger partial charge in [0.1, 0.15) is 0 Å². The fourth-order valence-corrected chi connectivity index (χ4v) is 3.95. The molecular weight excluding hydrogens is 326 g/mol. The quantitative estimate of drug-likeness (QED) is 0.886. The van der Waals surface area contributed by atoms with Crippen LogP contribution in [0.1, 0.15) is 12.8 Å². The van der Waals surface area contributed by atoms with E-state index in [1.165, 1.54) is 25.9 Å². The number of piperidine rings is 3. The molecule has 1 atom stereocenters. The van der Waals surface area contributed by atoms with E-state index in [9.17, 15) is 0 Å². The second kappa shape index (κ2) is 5.24. The van der Waals surface area contributed by atoms with Gasteiger partial charge >= 0.3 is 0 Å². The fraction of sp³-hybridized carbons (Fsp3) is 0.571. The van der Waals surface area contributed by atoms with Crippen molar-refractivity contribution in [2.75, 3.05) is 31.5 Å². The van der Waals surface area contributed by atoms with Gasteiger partial charge in [0.05, 0.1) is 10.6 Å². The van der Waals surface area contributed by atoms with E-state index < -0.39 is 0 Å². The molecule has 3 nitrogen and oxygen atoms in total. The summed E-state index contributed by atoms with van der Waals surface area (Å²) in [5.41, 5.74) is 7.22. The lowest BCUT2D eigenvalue weighted by Gasteiger charge is -2.53. The van der Waals surface area contributed by atoms with Gasteiger partial charge in [-0.2, -0.15) is 0 Å². The highest BCUT2D eigenvalue weighted by Gasteiger charge is 2.45. The summed E-state index contributed by atoms with van der Waals surface area (Å²) in [6, 6.07) is 5.99. The van der Waals surface area contributed by atoms with Crippen molar-refractivity contribution in [3.05, 3.63) is 27.7 Å². The maximum atomic E-state index is 6.11. The van der Waals surface area contributed by atoms with Crippen LogP contribution in [0.4, 0.5) is 5.69 Å². The van der Waals surface area contributed by atoms with Crippen molar-refractivity contribution >= 4 is 33.2 Å². The lowest BCUT2D eigenvalue weighted by atomic mass is 9.72. The highest BCUT2D eigenvalue weighted by atomic mass is 79.9. The van der Waals surface area contributed by atoms with E-state index in [1.807, 2.05) is 18.2 Å². The van der Waals surface area contributed by atoms with Crippen molar-refractivity contribution in [2.24, 2.45) is 11.7 Å². The van der Waals surface area contributed by atoms with Crippen LogP contribution in [0.5, 0.6) is 0 Å². The molecule has 5 heteroatoms. The van der Waals surface area contributed by atoms with Crippen LogP contribution >= 0.6 is 27.5 Å². The van der Waals surface area contributed by atoms with E-state index >= 15 is 0 Å². The minimum Gasteiger partial charge on any atom is -0.377 e. The molecule has 104 valence electrons. The summed E-state index contributed by atoms with van der Waals surface area (Å²) in [5.74, 6) is 0.678. The van der Waals surface area contributed by atoms with Crippen LogP contribution in [0.3, 0.4) is 0 Å². The number of nitrogens with two attached hydrogens (primary N) is 1. The Balaban J connectivity index is 1.85. The third-order valence-electron chi connectivity index (χ3n) is 4.55. The van der Waals surface area contributed by atoms with Gasteiger partial charge in [0.15, 0.2) is 0 Å². The van der Waals surface area contributed by atoms with Crippen LogP contribution < -0.4 is 11.1 Å². The summed E-state index contributed by atoms with van der Waals surface area (Å²) in [5, 5.41) is 4.43. The zero-order valence-electron chi connectivity index (χ0n) is 10.8. The van der Waals surface area contributed by atoms with Crippen molar-refractivity contribution in [2.45, 2.75) is 18.4 Å². The fourth-order valence-electron chi connectivity index (χ4n) is 3.46. The number of hydrogen-bond acceptors (Lipinski definition) is 3. The van der Waals surface area contributed by atoms with Crippen molar-refractivity contribution in [3.8, 4) is 0 Å². The minimum absolute atomic E-state index is 0.0176. The average molecular weight is 345 g/mol. The predicted octanol–water partition coefficient (Wildman–Crippen LogP) is 2.94.